The Morgan fingerprint density at radius 1 is 1.42 bits per heavy atom. The van der Waals surface area contributed by atoms with Crippen molar-refractivity contribution in [3.63, 3.8) is 0 Å². The number of ether oxygens (including phenoxy) is 2. The lowest BCUT2D eigenvalue weighted by molar-refractivity contribution is 0.320. The second-order valence-corrected chi connectivity index (χ2v) is 5.92. The summed E-state index contributed by atoms with van der Waals surface area (Å²) in [4.78, 5) is 0. The van der Waals surface area contributed by atoms with Crippen LogP contribution in [-0.4, -0.2) is 19.3 Å². The second-order valence-electron chi connectivity index (χ2n) is 5.54. The highest BCUT2D eigenvalue weighted by molar-refractivity contribution is 6.32. The fraction of sp³-hybridized carbons (Fsp3) is 0.625. The Labute approximate surface area is 121 Å². The summed E-state index contributed by atoms with van der Waals surface area (Å²) in [5.74, 6) is 1.44. The minimum absolute atomic E-state index is 0.397. The Kier molecular flexibility index (Phi) is 4.42. The molecule has 0 spiro atoms. The summed E-state index contributed by atoms with van der Waals surface area (Å²) in [7, 11) is 1.72. The van der Waals surface area contributed by atoms with Crippen molar-refractivity contribution < 1.29 is 9.47 Å². The maximum atomic E-state index is 6.36. The smallest absolute Gasteiger partial charge is 0.122 e. The predicted molar refractivity (Wildman–Crippen MR) is 79.3 cm³/mol. The van der Waals surface area contributed by atoms with E-state index in [1.165, 1.54) is 5.56 Å². The van der Waals surface area contributed by atoms with Gasteiger partial charge in [0, 0.05) is 5.02 Å². The number of benzene rings is 1. The summed E-state index contributed by atoms with van der Waals surface area (Å²) in [6, 6.07) is 2.03. The molecule has 0 amide bonds. The highest BCUT2D eigenvalue weighted by atomic mass is 35.5. The highest BCUT2D eigenvalue weighted by Crippen LogP contribution is 2.38. The quantitative estimate of drug-likeness (QED) is 0.750. The second kappa shape index (κ2) is 5.72. The van der Waals surface area contributed by atoms with Gasteiger partial charge in [-0.2, -0.15) is 0 Å². The normalized spacial score (nSPS) is 23.3. The molecule has 0 N–H and O–H groups in total. The number of rotatable bonds is 5. The van der Waals surface area contributed by atoms with Gasteiger partial charge in [-0.3, -0.25) is 0 Å². The number of hydrogen-bond acceptors (Lipinski definition) is 2. The monoisotopic (exact) mass is 282 g/mol. The topological polar surface area (TPSA) is 21.8 Å². The molecule has 0 saturated carbocycles. The van der Waals surface area contributed by atoms with Gasteiger partial charge in [-0.05, 0) is 55.4 Å². The third-order valence-electron chi connectivity index (χ3n) is 4.10. The van der Waals surface area contributed by atoms with Gasteiger partial charge in [0.15, 0.2) is 0 Å². The first-order valence-corrected chi connectivity index (χ1v) is 7.35. The predicted octanol–water partition coefficient (Wildman–Crippen LogP) is 4.32. The van der Waals surface area contributed by atoms with Crippen LogP contribution in [0.1, 0.15) is 37.0 Å². The van der Waals surface area contributed by atoms with Crippen LogP contribution in [0.25, 0.3) is 0 Å². The van der Waals surface area contributed by atoms with E-state index in [9.17, 15) is 0 Å². The number of epoxide rings is 1. The molecule has 3 atom stereocenters. The SMILES string of the molecule is CCC1OC1C(C)Cc1c(OC)cc(C)c(Cl)c1C. The summed E-state index contributed by atoms with van der Waals surface area (Å²) < 4.78 is 11.2. The van der Waals surface area contributed by atoms with E-state index in [0.717, 1.165) is 34.7 Å². The van der Waals surface area contributed by atoms with Crippen LogP contribution in [0.2, 0.25) is 5.02 Å². The fourth-order valence-electron chi connectivity index (χ4n) is 2.82. The average Bonchev–Trinajstić information content (AvgIpc) is 3.18. The summed E-state index contributed by atoms with van der Waals surface area (Å²) in [6.45, 7) is 8.51. The molecule has 1 aromatic carbocycles. The third-order valence-corrected chi connectivity index (χ3v) is 4.69. The number of hydrogen-bond donors (Lipinski definition) is 0. The molecule has 1 saturated heterocycles. The average molecular weight is 283 g/mol. The summed E-state index contributed by atoms with van der Waals surface area (Å²) in [5, 5.41) is 0.853. The molecule has 3 unspecified atom stereocenters. The van der Waals surface area contributed by atoms with Crippen molar-refractivity contribution in [2.45, 2.75) is 52.7 Å². The van der Waals surface area contributed by atoms with E-state index in [2.05, 4.69) is 20.8 Å². The molecule has 2 rings (SSSR count). The number of halogens is 1. The fourth-order valence-corrected chi connectivity index (χ4v) is 2.99. The maximum Gasteiger partial charge on any atom is 0.122 e. The van der Waals surface area contributed by atoms with E-state index in [1.807, 2.05) is 13.0 Å². The van der Waals surface area contributed by atoms with E-state index in [0.29, 0.717) is 18.1 Å². The van der Waals surface area contributed by atoms with Crippen molar-refractivity contribution in [2.75, 3.05) is 7.11 Å². The minimum Gasteiger partial charge on any atom is -0.496 e. The molecule has 106 valence electrons. The van der Waals surface area contributed by atoms with E-state index >= 15 is 0 Å². The van der Waals surface area contributed by atoms with Gasteiger partial charge in [0.25, 0.3) is 0 Å². The van der Waals surface area contributed by atoms with Crippen LogP contribution in [0, 0.1) is 19.8 Å². The van der Waals surface area contributed by atoms with Gasteiger partial charge in [0.2, 0.25) is 0 Å². The Bertz CT molecular complexity index is 470. The molecule has 19 heavy (non-hydrogen) atoms. The molecule has 1 fully saturated rings. The van der Waals surface area contributed by atoms with E-state index in [1.54, 1.807) is 7.11 Å². The molecule has 1 aliphatic heterocycles. The van der Waals surface area contributed by atoms with Gasteiger partial charge in [0.05, 0.1) is 19.3 Å². The Balaban J connectivity index is 2.22. The summed E-state index contributed by atoms with van der Waals surface area (Å²) in [5.41, 5.74) is 3.43. The molecule has 0 radical (unpaired) electrons. The molecule has 1 aromatic rings. The van der Waals surface area contributed by atoms with Gasteiger partial charge < -0.3 is 9.47 Å². The van der Waals surface area contributed by atoms with Gasteiger partial charge in [-0.25, -0.2) is 0 Å². The van der Waals surface area contributed by atoms with Crippen LogP contribution in [-0.2, 0) is 11.2 Å². The first-order valence-electron chi connectivity index (χ1n) is 6.97. The van der Waals surface area contributed by atoms with Crippen LogP contribution >= 0.6 is 11.6 Å². The lowest BCUT2D eigenvalue weighted by Gasteiger charge is -2.17. The van der Waals surface area contributed by atoms with Gasteiger partial charge in [-0.1, -0.05) is 25.4 Å². The molecule has 1 heterocycles. The molecule has 0 aliphatic carbocycles. The Morgan fingerprint density at radius 3 is 2.63 bits per heavy atom. The standard InChI is InChI=1S/C16H23ClO2/c1-6-13-16(19-13)10(3)7-12-11(4)15(17)9(2)8-14(12)18-5/h8,10,13,16H,6-7H2,1-5H3. The molecule has 3 heteroatoms. The van der Waals surface area contributed by atoms with Crippen molar-refractivity contribution in [3.05, 3.63) is 27.8 Å². The Morgan fingerprint density at radius 2 is 2.11 bits per heavy atom. The van der Waals surface area contributed by atoms with Crippen molar-refractivity contribution in [3.8, 4) is 5.75 Å². The van der Waals surface area contributed by atoms with Gasteiger partial charge in [-0.15, -0.1) is 0 Å². The molecule has 1 aliphatic rings. The van der Waals surface area contributed by atoms with Crippen molar-refractivity contribution in [1.29, 1.82) is 0 Å². The summed E-state index contributed by atoms with van der Waals surface area (Å²) in [6.07, 6.45) is 2.90. The van der Waals surface area contributed by atoms with Gasteiger partial charge in [0.1, 0.15) is 5.75 Å². The lowest BCUT2D eigenvalue weighted by atomic mass is 9.92. The van der Waals surface area contributed by atoms with E-state index in [-0.39, 0.29) is 0 Å². The van der Waals surface area contributed by atoms with Crippen molar-refractivity contribution in [1.82, 2.24) is 0 Å². The minimum atomic E-state index is 0.397. The largest absolute Gasteiger partial charge is 0.496 e. The zero-order valence-corrected chi connectivity index (χ0v) is 13.2. The van der Waals surface area contributed by atoms with Crippen LogP contribution in [0.3, 0.4) is 0 Å². The maximum absolute atomic E-state index is 6.36. The molecular formula is C16H23ClO2. The molecule has 0 bridgehead atoms. The Hall–Kier alpha value is -0.730. The highest BCUT2D eigenvalue weighted by Gasteiger charge is 2.41. The zero-order valence-electron chi connectivity index (χ0n) is 12.4. The molecular weight excluding hydrogens is 260 g/mol. The first-order chi connectivity index (χ1) is 8.99. The van der Waals surface area contributed by atoms with E-state index in [4.69, 9.17) is 21.1 Å². The van der Waals surface area contributed by atoms with Crippen LogP contribution in [0.4, 0.5) is 0 Å². The molecule has 2 nitrogen and oxygen atoms in total. The van der Waals surface area contributed by atoms with E-state index < -0.39 is 0 Å². The number of methoxy groups -OCH3 is 1. The molecule has 0 aromatic heterocycles. The number of aryl methyl sites for hydroxylation is 1. The van der Waals surface area contributed by atoms with Crippen molar-refractivity contribution in [2.24, 2.45) is 5.92 Å². The lowest BCUT2D eigenvalue weighted by Crippen LogP contribution is -2.12. The van der Waals surface area contributed by atoms with Crippen LogP contribution < -0.4 is 4.74 Å². The third kappa shape index (κ3) is 2.90. The van der Waals surface area contributed by atoms with Crippen LogP contribution in [0.5, 0.6) is 5.75 Å². The zero-order chi connectivity index (χ0) is 14.2. The van der Waals surface area contributed by atoms with Gasteiger partial charge >= 0.3 is 0 Å². The van der Waals surface area contributed by atoms with Crippen molar-refractivity contribution >= 4 is 11.6 Å². The first kappa shape index (κ1) is 14.7. The van der Waals surface area contributed by atoms with Crippen LogP contribution in [0.15, 0.2) is 6.07 Å². The summed E-state index contributed by atoms with van der Waals surface area (Å²) >= 11 is 6.36.